The highest BCUT2D eigenvalue weighted by molar-refractivity contribution is 7.98. The van der Waals surface area contributed by atoms with Gasteiger partial charge in [0.1, 0.15) is 11.5 Å². The van der Waals surface area contributed by atoms with Gasteiger partial charge in [0.15, 0.2) is 0 Å². The van der Waals surface area contributed by atoms with E-state index in [0.29, 0.717) is 5.56 Å². The summed E-state index contributed by atoms with van der Waals surface area (Å²) in [5, 5.41) is 0. The summed E-state index contributed by atoms with van der Waals surface area (Å²) in [5.41, 5.74) is 7.02. The van der Waals surface area contributed by atoms with Crippen LogP contribution in [0.2, 0.25) is 0 Å². The first kappa shape index (κ1) is 16.6. The number of aryl methyl sites for hydroxylation is 1. The Bertz CT molecular complexity index is 623. The molecular formula is C17H22N2O2S. The SMILES string of the molecule is CN(C)Cc1ccc(CSCCc2ccccc2C(N)=O)o1. The number of thioether (sulfide) groups is 1. The Kier molecular flexibility index (Phi) is 6.10. The topological polar surface area (TPSA) is 59.5 Å². The molecule has 2 N–H and O–H groups in total. The van der Waals surface area contributed by atoms with Gasteiger partial charge < -0.3 is 15.1 Å². The number of furan rings is 1. The maximum absolute atomic E-state index is 11.4. The molecule has 0 aliphatic rings. The molecule has 2 rings (SSSR count). The lowest BCUT2D eigenvalue weighted by Gasteiger charge is -2.06. The number of primary amides is 1. The zero-order valence-electron chi connectivity index (χ0n) is 13.0. The van der Waals surface area contributed by atoms with E-state index in [1.807, 2.05) is 44.4 Å². The van der Waals surface area contributed by atoms with Crippen molar-refractivity contribution >= 4 is 17.7 Å². The predicted molar refractivity (Wildman–Crippen MR) is 90.9 cm³/mol. The van der Waals surface area contributed by atoms with Crippen molar-refractivity contribution in [2.45, 2.75) is 18.7 Å². The van der Waals surface area contributed by atoms with E-state index in [-0.39, 0.29) is 5.91 Å². The number of hydrogen-bond donors (Lipinski definition) is 1. The van der Waals surface area contributed by atoms with E-state index >= 15 is 0 Å². The highest BCUT2D eigenvalue weighted by Gasteiger charge is 2.07. The first-order valence-corrected chi connectivity index (χ1v) is 8.39. The molecule has 5 heteroatoms. The molecule has 0 saturated heterocycles. The van der Waals surface area contributed by atoms with Crippen LogP contribution < -0.4 is 5.73 Å². The fraction of sp³-hybridized carbons (Fsp3) is 0.353. The third-order valence-electron chi connectivity index (χ3n) is 3.23. The molecule has 22 heavy (non-hydrogen) atoms. The third-order valence-corrected chi connectivity index (χ3v) is 4.21. The molecule has 0 unspecified atom stereocenters. The molecule has 2 aromatic rings. The lowest BCUT2D eigenvalue weighted by atomic mass is 10.1. The summed E-state index contributed by atoms with van der Waals surface area (Å²) >= 11 is 1.79. The van der Waals surface area contributed by atoms with Gasteiger partial charge in [0, 0.05) is 5.56 Å². The number of benzene rings is 1. The number of nitrogens with two attached hydrogens (primary N) is 1. The van der Waals surface area contributed by atoms with Crippen LogP contribution in [0.3, 0.4) is 0 Å². The summed E-state index contributed by atoms with van der Waals surface area (Å²) in [4.78, 5) is 13.4. The molecule has 0 aliphatic heterocycles. The first-order valence-electron chi connectivity index (χ1n) is 7.24. The minimum Gasteiger partial charge on any atom is -0.464 e. The minimum absolute atomic E-state index is 0.361. The second kappa shape index (κ2) is 8.06. The maximum atomic E-state index is 11.4. The van der Waals surface area contributed by atoms with Gasteiger partial charge in [0.25, 0.3) is 0 Å². The average Bonchev–Trinajstić information content (AvgIpc) is 2.90. The second-order valence-corrected chi connectivity index (χ2v) is 6.53. The fourth-order valence-electron chi connectivity index (χ4n) is 2.23. The first-order chi connectivity index (χ1) is 10.6. The summed E-state index contributed by atoms with van der Waals surface area (Å²) in [7, 11) is 4.04. The highest BCUT2D eigenvalue weighted by atomic mass is 32.2. The van der Waals surface area contributed by atoms with Gasteiger partial charge in [-0.1, -0.05) is 18.2 Å². The normalized spacial score (nSPS) is 11.0. The monoisotopic (exact) mass is 318 g/mol. The Morgan fingerprint density at radius 2 is 1.91 bits per heavy atom. The molecule has 0 spiro atoms. The van der Waals surface area contributed by atoms with Crippen molar-refractivity contribution in [2.24, 2.45) is 5.73 Å². The predicted octanol–water partition coefficient (Wildman–Crippen LogP) is 2.92. The van der Waals surface area contributed by atoms with Crippen LogP contribution >= 0.6 is 11.8 Å². The zero-order chi connectivity index (χ0) is 15.9. The number of hydrogen-bond acceptors (Lipinski definition) is 4. The van der Waals surface area contributed by atoms with Gasteiger partial charge in [0.2, 0.25) is 5.91 Å². The lowest BCUT2D eigenvalue weighted by molar-refractivity contribution is 0.0999. The van der Waals surface area contributed by atoms with Crippen LogP contribution in [0.25, 0.3) is 0 Å². The zero-order valence-corrected chi connectivity index (χ0v) is 13.9. The molecule has 0 bridgehead atoms. The van der Waals surface area contributed by atoms with Crippen LogP contribution in [-0.4, -0.2) is 30.7 Å². The Hall–Kier alpha value is -1.72. The van der Waals surface area contributed by atoms with E-state index < -0.39 is 0 Å². The molecule has 1 amide bonds. The summed E-state index contributed by atoms with van der Waals surface area (Å²) in [6, 6.07) is 11.6. The number of nitrogens with zero attached hydrogens (tertiary/aromatic N) is 1. The van der Waals surface area contributed by atoms with Gasteiger partial charge in [0.05, 0.1) is 12.3 Å². The fourth-order valence-corrected chi connectivity index (χ4v) is 3.10. The van der Waals surface area contributed by atoms with Gasteiger partial charge in [-0.25, -0.2) is 0 Å². The molecule has 0 saturated carbocycles. The maximum Gasteiger partial charge on any atom is 0.248 e. The van der Waals surface area contributed by atoms with Crippen LogP contribution in [0.4, 0.5) is 0 Å². The van der Waals surface area contributed by atoms with Crippen LogP contribution in [0.15, 0.2) is 40.8 Å². The third kappa shape index (κ3) is 4.93. The van der Waals surface area contributed by atoms with Gasteiger partial charge in [-0.15, -0.1) is 0 Å². The van der Waals surface area contributed by atoms with Crippen molar-refractivity contribution in [3.05, 3.63) is 59.0 Å². The molecule has 118 valence electrons. The molecule has 1 aromatic carbocycles. The second-order valence-electron chi connectivity index (χ2n) is 5.43. The summed E-state index contributed by atoms with van der Waals surface area (Å²) in [6.07, 6.45) is 0.828. The van der Waals surface area contributed by atoms with Gasteiger partial charge in [-0.3, -0.25) is 4.79 Å². The smallest absolute Gasteiger partial charge is 0.248 e. The summed E-state index contributed by atoms with van der Waals surface area (Å²) in [6.45, 7) is 0.816. The van der Waals surface area contributed by atoms with Crippen LogP contribution in [0.5, 0.6) is 0 Å². The Morgan fingerprint density at radius 3 is 2.64 bits per heavy atom. The Balaban J connectivity index is 1.80. The molecule has 0 atom stereocenters. The standard InChI is InChI=1S/C17H22N2O2S/c1-19(2)11-14-7-8-15(21-14)12-22-10-9-13-5-3-4-6-16(13)17(18)20/h3-8H,9-12H2,1-2H3,(H2,18,20). The van der Waals surface area contributed by atoms with Crippen LogP contribution in [-0.2, 0) is 18.7 Å². The highest BCUT2D eigenvalue weighted by Crippen LogP contribution is 2.18. The summed E-state index contributed by atoms with van der Waals surface area (Å²) in [5.74, 6) is 3.38. The van der Waals surface area contributed by atoms with Crippen molar-refractivity contribution in [1.29, 1.82) is 0 Å². The van der Waals surface area contributed by atoms with Gasteiger partial charge in [-0.05, 0) is 50.0 Å². The molecule has 1 heterocycles. The molecule has 0 aliphatic carbocycles. The van der Waals surface area contributed by atoms with Crippen LogP contribution in [0, 0.1) is 0 Å². The van der Waals surface area contributed by atoms with E-state index in [1.165, 1.54) is 0 Å². The van der Waals surface area contributed by atoms with E-state index in [1.54, 1.807) is 17.8 Å². The van der Waals surface area contributed by atoms with E-state index in [4.69, 9.17) is 10.2 Å². The molecule has 4 nitrogen and oxygen atoms in total. The number of carbonyl (C=O) groups is 1. The molecule has 0 fully saturated rings. The van der Waals surface area contributed by atoms with Crippen molar-refractivity contribution in [3.8, 4) is 0 Å². The van der Waals surface area contributed by atoms with Crippen molar-refractivity contribution < 1.29 is 9.21 Å². The Morgan fingerprint density at radius 1 is 1.18 bits per heavy atom. The average molecular weight is 318 g/mol. The van der Waals surface area contributed by atoms with E-state index in [2.05, 4.69) is 4.90 Å². The number of rotatable bonds is 8. The quantitative estimate of drug-likeness (QED) is 0.760. The van der Waals surface area contributed by atoms with Gasteiger partial charge in [-0.2, -0.15) is 11.8 Å². The number of carbonyl (C=O) groups excluding carboxylic acids is 1. The number of amides is 1. The van der Waals surface area contributed by atoms with E-state index in [9.17, 15) is 4.79 Å². The van der Waals surface area contributed by atoms with Crippen molar-refractivity contribution in [2.75, 3.05) is 19.8 Å². The van der Waals surface area contributed by atoms with Gasteiger partial charge >= 0.3 is 0 Å². The molecule has 0 radical (unpaired) electrons. The molecule has 1 aromatic heterocycles. The minimum atomic E-state index is -0.361. The Labute approximate surface area is 135 Å². The van der Waals surface area contributed by atoms with Crippen molar-refractivity contribution in [1.82, 2.24) is 4.90 Å². The van der Waals surface area contributed by atoms with Crippen molar-refractivity contribution in [3.63, 3.8) is 0 Å². The largest absolute Gasteiger partial charge is 0.464 e. The van der Waals surface area contributed by atoms with Crippen LogP contribution in [0.1, 0.15) is 27.4 Å². The van der Waals surface area contributed by atoms with E-state index in [0.717, 1.165) is 41.6 Å². The lowest BCUT2D eigenvalue weighted by Crippen LogP contribution is -2.13. The molecular weight excluding hydrogens is 296 g/mol. The summed E-state index contributed by atoms with van der Waals surface area (Å²) < 4.78 is 5.77.